The van der Waals surface area contributed by atoms with E-state index in [1.165, 1.54) is 28.7 Å². The standard InChI is InChI=1S/C16H22/c1-5-7-16-11-10-14(9-8-13(3)4)12-15(16)6-2/h6,10-12H,2-3,5,7-9H2,1,4H3. The average molecular weight is 214 g/mol. The Bertz CT molecular complexity index is 372. The van der Waals surface area contributed by atoms with E-state index in [2.05, 4.69) is 45.2 Å². The number of hydrogen-bond acceptors (Lipinski definition) is 0. The summed E-state index contributed by atoms with van der Waals surface area (Å²) in [6.45, 7) is 12.1. The third-order valence-corrected chi connectivity index (χ3v) is 2.79. The van der Waals surface area contributed by atoms with Gasteiger partial charge in [-0.05, 0) is 42.9 Å². The van der Waals surface area contributed by atoms with Gasteiger partial charge in [0.15, 0.2) is 0 Å². The van der Waals surface area contributed by atoms with E-state index < -0.39 is 0 Å². The normalized spacial score (nSPS) is 10.1. The molecule has 0 nitrogen and oxygen atoms in total. The number of allylic oxidation sites excluding steroid dienone is 1. The maximum atomic E-state index is 3.94. The van der Waals surface area contributed by atoms with E-state index in [4.69, 9.17) is 0 Å². The number of hydrogen-bond donors (Lipinski definition) is 0. The Morgan fingerprint density at radius 3 is 2.62 bits per heavy atom. The molecule has 0 saturated carbocycles. The second-order valence-electron chi connectivity index (χ2n) is 4.44. The van der Waals surface area contributed by atoms with Gasteiger partial charge in [-0.1, -0.05) is 49.8 Å². The summed E-state index contributed by atoms with van der Waals surface area (Å²) in [4.78, 5) is 0. The number of benzene rings is 1. The molecule has 0 saturated heterocycles. The van der Waals surface area contributed by atoms with Crippen LogP contribution in [0.5, 0.6) is 0 Å². The summed E-state index contributed by atoms with van der Waals surface area (Å²) in [7, 11) is 0. The topological polar surface area (TPSA) is 0 Å². The van der Waals surface area contributed by atoms with Crippen LogP contribution in [-0.2, 0) is 12.8 Å². The van der Waals surface area contributed by atoms with E-state index in [0.29, 0.717) is 0 Å². The lowest BCUT2D eigenvalue weighted by atomic mass is 9.97. The molecule has 0 aliphatic heterocycles. The molecule has 86 valence electrons. The van der Waals surface area contributed by atoms with Gasteiger partial charge in [-0.3, -0.25) is 0 Å². The molecule has 0 fully saturated rings. The van der Waals surface area contributed by atoms with Crippen LogP contribution in [0.15, 0.2) is 36.9 Å². The van der Waals surface area contributed by atoms with Gasteiger partial charge in [0, 0.05) is 0 Å². The quantitative estimate of drug-likeness (QED) is 0.597. The van der Waals surface area contributed by atoms with Crippen molar-refractivity contribution in [2.75, 3.05) is 0 Å². The zero-order valence-electron chi connectivity index (χ0n) is 10.6. The highest BCUT2D eigenvalue weighted by atomic mass is 14.1. The third-order valence-electron chi connectivity index (χ3n) is 2.79. The molecule has 0 aromatic heterocycles. The summed E-state index contributed by atoms with van der Waals surface area (Å²) in [6.07, 6.45) is 6.45. The van der Waals surface area contributed by atoms with Crippen LogP contribution in [0.25, 0.3) is 6.08 Å². The van der Waals surface area contributed by atoms with Crippen molar-refractivity contribution in [2.45, 2.75) is 39.5 Å². The first-order valence-electron chi connectivity index (χ1n) is 6.06. The van der Waals surface area contributed by atoms with Crippen molar-refractivity contribution < 1.29 is 0 Å². The van der Waals surface area contributed by atoms with Gasteiger partial charge in [0.05, 0.1) is 0 Å². The van der Waals surface area contributed by atoms with E-state index in [1.807, 2.05) is 6.08 Å². The van der Waals surface area contributed by atoms with Gasteiger partial charge in [0.2, 0.25) is 0 Å². The summed E-state index contributed by atoms with van der Waals surface area (Å²) in [5.74, 6) is 0. The Balaban J connectivity index is 2.81. The largest absolute Gasteiger partial charge is 0.100 e. The lowest BCUT2D eigenvalue weighted by molar-refractivity contribution is 0.909. The van der Waals surface area contributed by atoms with Gasteiger partial charge in [-0.25, -0.2) is 0 Å². The van der Waals surface area contributed by atoms with Crippen LogP contribution >= 0.6 is 0 Å². The zero-order chi connectivity index (χ0) is 12.0. The molecule has 1 rings (SSSR count). The molecule has 0 aliphatic rings. The van der Waals surface area contributed by atoms with E-state index >= 15 is 0 Å². The second kappa shape index (κ2) is 6.32. The SMILES string of the molecule is C=Cc1cc(CCC(=C)C)ccc1CCC. The minimum absolute atomic E-state index is 1.07. The Hall–Kier alpha value is -1.30. The Morgan fingerprint density at radius 2 is 2.06 bits per heavy atom. The third kappa shape index (κ3) is 3.69. The van der Waals surface area contributed by atoms with E-state index in [-0.39, 0.29) is 0 Å². The minimum Gasteiger partial charge on any atom is -0.100 e. The summed E-state index contributed by atoms with van der Waals surface area (Å²) in [6, 6.07) is 6.75. The Morgan fingerprint density at radius 1 is 1.31 bits per heavy atom. The highest BCUT2D eigenvalue weighted by molar-refractivity contribution is 5.53. The number of aryl methyl sites for hydroxylation is 2. The molecule has 0 heterocycles. The van der Waals surface area contributed by atoms with Gasteiger partial charge < -0.3 is 0 Å². The molecule has 0 spiro atoms. The van der Waals surface area contributed by atoms with Crippen molar-refractivity contribution in [3.05, 3.63) is 53.6 Å². The second-order valence-corrected chi connectivity index (χ2v) is 4.44. The van der Waals surface area contributed by atoms with Gasteiger partial charge in [-0.2, -0.15) is 0 Å². The van der Waals surface area contributed by atoms with Crippen molar-refractivity contribution in [1.29, 1.82) is 0 Å². The summed E-state index contributed by atoms with van der Waals surface area (Å²) in [5.41, 5.74) is 5.34. The van der Waals surface area contributed by atoms with Crippen molar-refractivity contribution >= 4 is 6.08 Å². The number of rotatable bonds is 6. The molecule has 16 heavy (non-hydrogen) atoms. The molecular weight excluding hydrogens is 192 g/mol. The van der Waals surface area contributed by atoms with Crippen LogP contribution in [0, 0.1) is 0 Å². The molecular formula is C16H22. The first kappa shape index (κ1) is 12.8. The Kier molecular flexibility index (Phi) is 5.04. The molecule has 1 aromatic carbocycles. The van der Waals surface area contributed by atoms with Crippen LogP contribution in [0.3, 0.4) is 0 Å². The van der Waals surface area contributed by atoms with E-state index in [9.17, 15) is 0 Å². The van der Waals surface area contributed by atoms with Gasteiger partial charge in [0.1, 0.15) is 0 Å². The zero-order valence-corrected chi connectivity index (χ0v) is 10.6. The van der Waals surface area contributed by atoms with E-state index in [1.54, 1.807) is 0 Å². The molecule has 0 atom stereocenters. The van der Waals surface area contributed by atoms with Crippen LogP contribution in [-0.4, -0.2) is 0 Å². The molecule has 0 radical (unpaired) electrons. The molecule has 0 aliphatic carbocycles. The van der Waals surface area contributed by atoms with Crippen molar-refractivity contribution in [1.82, 2.24) is 0 Å². The van der Waals surface area contributed by atoms with Crippen molar-refractivity contribution in [3.8, 4) is 0 Å². The molecule has 0 N–H and O–H groups in total. The van der Waals surface area contributed by atoms with E-state index in [0.717, 1.165) is 19.3 Å². The first-order chi connectivity index (χ1) is 7.67. The van der Waals surface area contributed by atoms with Crippen LogP contribution < -0.4 is 0 Å². The monoisotopic (exact) mass is 214 g/mol. The molecule has 1 aromatic rings. The molecule has 0 amide bonds. The first-order valence-corrected chi connectivity index (χ1v) is 6.06. The molecule has 0 bridgehead atoms. The lowest BCUT2D eigenvalue weighted by Crippen LogP contribution is -1.92. The van der Waals surface area contributed by atoms with Crippen molar-refractivity contribution in [2.24, 2.45) is 0 Å². The Labute approximate surface area is 99.7 Å². The van der Waals surface area contributed by atoms with Gasteiger partial charge in [0.25, 0.3) is 0 Å². The molecule has 0 unspecified atom stereocenters. The average Bonchev–Trinajstić information content (AvgIpc) is 2.28. The summed E-state index contributed by atoms with van der Waals surface area (Å²) < 4.78 is 0. The van der Waals surface area contributed by atoms with Gasteiger partial charge >= 0.3 is 0 Å². The fourth-order valence-corrected chi connectivity index (χ4v) is 1.84. The van der Waals surface area contributed by atoms with Crippen LogP contribution in [0.1, 0.15) is 43.4 Å². The fraction of sp³-hybridized carbons (Fsp3) is 0.375. The fourth-order valence-electron chi connectivity index (χ4n) is 1.84. The highest BCUT2D eigenvalue weighted by Gasteiger charge is 2.01. The van der Waals surface area contributed by atoms with Crippen LogP contribution in [0.4, 0.5) is 0 Å². The summed E-state index contributed by atoms with van der Waals surface area (Å²) in [5, 5.41) is 0. The smallest absolute Gasteiger partial charge is 0.0228 e. The maximum absolute atomic E-state index is 3.94. The van der Waals surface area contributed by atoms with Crippen LogP contribution in [0.2, 0.25) is 0 Å². The van der Waals surface area contributed by atoms with Gasteiger partial charge in [-0.15, -0.1) is 6.58 Å². The predicted molar refractivity (Wildman–Crippen MR) is 73.7 cm³/mol. The maximum Gasteiger partial charge on any atom is -0.0228 e. The summed E-state index contributed by atoms with van der Waals surface area (Å²) >= 11 is 0. The predicted octanol–water partition coefficient (Wildman–Crippen LogP) is 4.79. The van der Waals surface area contributed by atoms with Crippen molar-refractivity contribution in [3.63, 3.8) is 0 Å². The minimum atomic E-state index is 1.07. The highest BCUT2D eigenvalue weighted by Crippen LogP contribution is 2.17. The molecule has 0 heteroatoms. The lowest BCUT2D eigenvalue weighted by Gasteiger charge is -2.08.